The fraction of sp³-hybridized carbons (Fsp3) is 0.652. The summed E-state index contributed by atoms with van der Waals surface area (Å²) < 4.78 is 11.1. The molecule has 6 aliphatic carbocycles. The number of amides is 3. The molecular formula is C69H102I4N16O7. The van der Waals surface area contributed by atoms with Crippen LogP contribution in [-0.2, 0) is 9.59 Å². The van der Waals surface area contributed by atoms with E-state index in [1.807, 2.05) is 31.2 Å². The molecule has 3 amide bonds. The van der Waals surface area contributed by atoms with Crippen molar-refractivity contribution in [2.75, 3.05) is 143 Å². The molecule has 4 aliphatic heterocycles. The van der Waals surface area contributed by atoms with E-state index in [9.17, 15) is 24.3 Å². The molecule has 2 saturated heterocycles. The van der Waals surface area contributed by atoms with Gasteiger partial charge < -0.3 is 65.7 Å². The number of anilines is 8. The molecule has 6 heterocycles. The van der Waals surface area contributed by atoms with Gasteiger partial charge >= 0.3 is 5.97 Å². The number of benzene rings is 2. The van der Waals surface area contributed by atoms with E-state index in [1.165, 1.54) is 96.8 Å². The Bertz CT molecular complexity index is 3230. The number of alkyl halides is 1. The quantitative estimate of drug-likeness (QED) is 0.0617. The number of carbonyl (C=O) groups is 4. The van der Waals surface area contributed by atoms with Gasteiger partial charge in [0.2, 0.25) is 23.7 Å². The lowest BCUT2D eigenvalue weighted by Gasteiger charge is -2.41. The molecule has 14 rings (SSSR count). The van der Waals surface area contributed by atoms with E-state index in [4.69, 9.17) is 25.2 Å². The fourth-order valence-corrected chi connectivity index (χ4v) is 15.5. The van der Waals surface area contributed by atoms with Gasteiger partial charge in [-0.3, -0.25) is 24.2 Å². The lowest BCUT2D eigenvalue weighted by Crippen LogP contribution is -2.51. The molecule has 528 valence electrons. The number of hydrogen-bond acceptors (Lipinski definition) is 19. The molecular weight excluding hydrogens is 1670 g/mol. The largest absolute Gasteiger partial charge is 0.495 e. The monoisotopic (exact) mass is 1770 g/mol. The number of likely N-dealkylation sites (N-methyl/N-ethyl adjacent to an activating group) is 2. The summed E-state index contributed by atoms with van der Waals surface area (Å²) in [5.41, 5.74) is 8.78. The summed E-state index contributed by atoms with van der Waals surface area (Å²) in [4.78, 5) is 90.3. The number of hydrogen-bond donors (Lipinski definition) is 5. The smallest absolute Gasteiger partial charge is 0.335 e. The second kappa shape index (κ2) is 35.1. The minimum Gasteiger partial charge on any atom is -0.495 e. The number of nitrogens with one attached hydrogen (secondary N) is 3. The average molecular weight is 1780 g/mol. The highest BCUT2D eigenvalue weighted by molar-refractivity contribution is 15.0. The zero-order chi connectivity index (χ0) is 67.6. The Kier molecular flexibility index (Phi) is 27.8. The molecule has 0 unspecified atom stereocenters. The zero-order valence-corrected chi connectivity index (χ0v) is 66.0. The second-order valence-electron chi connectivity index (χ2n) is 27.8. The molecule has 23 nitrogen and oxygen atoms in total. The molecule has 2 aromatic heterocycles. The highest BCUT2D eigenvalue weighted by Crippen LogP contribution is 2.54. The number of piperazine rings is 2. The normalized spacial score (nSPS) is 24.1. The number of nitrogens with two attached hydrogens (primary N) is 1. The maximum Gasteiger partial charge on any atom is 0.335 e. The Balaban J connectivity index is 0.000000184. The summed E-state index contributed by atoms with van der Waals surface area (Å²) in [5.74, 6) is 2.58. The van der Waals surface area contributed by atoms with Crippen LogP contribution < -0.4 is 50.8 Å². The summed E-state index contributed by atoms with van der Waals surface area (Å²) >= 11 is 6.39. The first-order valence-corrected chi connectivity index (χ1v) is 42.9. The van der Waals surface area contributed by atoms with Crippen molar-refractivity contribution in [1.82, 2.24) is 44.9 Å². The van der Waals surface area contributed by atoms with E-state index >= 15 is 0 Å². The van der Waals surface area contributed by atoms with Crippen LogP contribution in [0.1, 0.15) is 149 Å². The lowest BCUT2D eigenvalue weighted by atomic mass is 9.89. The molecule has 0 atom stereocenters. The maximum atomic E-state index is 13.4. The Morgan fingerprint density at radius 2 is 0.948 bits per heavy atom. The Hall–Kier alpha value is -4.00. The van der Waals surface area contributed by atoms with Crippen LogP contribution in [0.5, 0.6) is 11.5 Å². The number of rotatable bonds is 13. The third kappa shape index (κ3) is 18.2. The number of ether oxygens (including phenoxy) is 2. The number of carbonyl (C=O) groups excluding carboxylic acids is 3. The summed E-state index contributed by atoms with van der Waals surface area (Å²) in [7, 11) is 11.2. The first kappa shape index (κ1) is 76.2. The molecule has 10 aliphatic rings. The third-order valence-electron chi connectivity index (χ3n) is 21.8. The predicted octanol–water partition coefficient (Wildman–Crippen LogP) is 11.4. The lowest BCUT2D eigenvalue weighted by molar-refractivity contribution is -0.123. The van der Waals surface area contributed by atoms with Crippen molar-refractivity contribution in [3.63, 3.8) is 0 Å². The summed E-state index contributed by atoms with van der Waals surface area (Å²) in [5, 5.41) is 19.0. The molecule has 4 aromatic rings. The minimum atomic E-state index is -1.02. The van der Waals surface area contributed by atoms with Gasteiger partial charge in [0.1, 0.15) is 22.9 Å². The van der Waals surface area contributed by atoms with Gasteiger partial charge in [-0.15, -0.1) is 24.0 Å². The standard InChI is InChI=1S/C34H48N8O3.C23H27N5O4.C11H23N3.CH3I.I2.HI/c1-39-16-18-41(19-17-39)25-11-9-24(10-12-25)36-31(43)23-8-13-27(29(20-23)45-3)37-33-35-21-28-30(38-33)42(26-6-4-5-7-26)22-34(14-15-34)32(44)40(28)2;1-27-17-12-24-22(25-16-8-7-14(20(29)30)11-18(16)32-2)26-19(17)28(15-5-3-4-6-15)13-23(9-10-23)21(27)31;1-13-6-8-14(9-7-13)11-4-2-10(12)3-5-11;2*1-2;/h8,13,20-21,24-26H,4-7,9-12,14-19,22H2,1-3H3,(H,36,43)(H,35,37,38);7-8,11-12,15H,3-6,9-10,13H2,1-2H3,(H,29,30)(H,24,25,26);10-11H,2-9,12H2,1H3;1H3;;1H. The van der Waals surface area contributed by atoms with Crippen LogP contribution in [0.15, 0.2) is 48.8 Å². The van der Waals surface area contributed by atoms with Crippen LogP contribution in [0.4, 0.5) is 46.3 Å². The number of carboxylic acid groups (broad SMARTS) is 1. The van der Waals surface area contributed by atoms with E-state index < -0.39 is 5.97 Å². The van der Waals surface area contributed by atoms with Crippen LogP contribution in [0.3, 0.4) is 0 Å². The first-order valence-electron chi connectivity index (χ1n) is 34.4. The highest BCUT2D eigenvalue weighted by Gasteiger charge is 2.57. The predicted molar refractivity (Wildman–Crippen MR) is 418 cm³/mol. The molecule has 6 saturated carbocycles. The van der Waals surface area contributed by atoms with Gasteiger partial charge in [0, 0.05) is 159 Å². The van der Waals surface area contributed by atoms with E-state index in [-0.39, 0.29) is 64.1 Å². The van der Waals surface area contributed by atoms with Crippen molar-refractivity contribution < 1.29 is 33.8 Å². The number of carboxylic acids is 1. The number of nitrogens with zero attached hydrogens (tertiary/aromatic N) is 12. The minimum absolute atomic E-state index is 0. The maximum absolute atomic E-state index is 13.4. The van der Waals surface area contributed by atoms with Crippen molar-refractivity contribution in [1.29, 1.82) is 0 Å². The van der Waals surface area contributed by atoms with Crippen molar-refractivity contribution >= 4 is 154 Å². The second-order valence-corrected chi connectivity index (χ2v) is 27.8. The van der Waals surface area contributed by atoms with Crippen molar-refractivity contribution in [2.45, 2.75) is 165 Å². The summed E-state index contributed by atoms with van der Waals surface area (Å²) in [6.07, 6.45) is 25.8. The van der Waals surface area contributed by atoms with E-state index in [2.05, 4.69) is 129 Å². The zero-order valence-electron chi connectivity index (χ0n) is 57.2. The summed E-state index contributed by atoms with van der Waals surface area (Å²) in [6.45, 7) is 11.0. The Labute approximate surface area is 622 Å². The SMILES string of the molecule is CI.CN1CCN(C2CCC(N)CC2)CC1.COc1cc(C(=O)NC2CCC(N3CCN(C)CC3)CC2)ccc1Nc1ncc2c(n1)N(C1CCCC1)CC1(CC1)C(=O)N2C.COc1cc(C(=O)O)ccc1Nc1ncc2c(n1)N(C1CCCC1)CC1(CC1)C(=O)N2C.I.II. The molecule has 8 fully saturated rings. The van der Waals surface area contributed by atoms with Crippen LogP contribution in [0, 0.1) is 10.8 Å². The molecule has 96 heavy (non-hydrogen) atoms. The summed E-state index contributed by atoms with van der Waals surface area (Å²) in [6, 6.07) is 13.0. The van der Waals surface area contributed by atoms with Gasteiger partial charge in [0.05, 0.1) is 54.4 Å². The average Bonchev–Trinajstić information content (AvgIpc) is 1.59. The number of fused-ring (bicyclic) bond motifs is 2. The van der Waals surface area contributed by atoms with Gasteiger partial charge in [0.25, 0.3) is 5.91 Å². The van der Waals surface area contributed by atoms with Gasteiger partial charge in [-0.05, 0) is 158 Å². The topological polar surface area (TPSA) is 247 Å². The van der Waals surface area contributed by atoms with E-state index in [0.29, 0.717) is 71.0 Å². The van der Waals surface area contributed by atoms with Gasteiger partial charge in [-0.1, -0.05) is 48.3 Å². The van der Waals surface area contributed by atoms with Crippen LogP contribution in [0.25, 0.3) is 0 Å². The first-order chi connectivity index (χ1) is 46.0. The van der Waals surface area contributed by atoms with Crippen LogP contribution in [0.2, 0.25) is 0 Å². The number of halogens is 4. The van der Waals surface area contributed by atoms with Crippen LogP contribution >= 0.6 is 83.8 Å². The third-order valence-corrected chi connectivity index (χ3v) is 21.8. The van der Waals surface area contributed by atoms with Crippen molar-refractivity contribution in [3.8, 4) is 11.5 Å². The fourth-order valence-electron chi connectivity index (χ4n) is 15.5. The molecule has 0 bridgehead atoms. The van der Waals surface area contributed by atoms with Gasteiger partial charge in [-0.2, -0.15) is 9.97 Å². The number of aromatic nitrogens is 4. The number of methoxy groups -OCH3 is 2. The van der Waals surface area contributed by atoms with Crippen LogP contribution in [-0.4, -0.2) is 217 Å². The van der Waals surface area contributed by atoms with E-state index in [1.54, 1.807) is 41.4 Å². The molecule has 6 N–H and O–H groups in total. The molecule has 2 aromatic carbocycles. The molecule has 27 heteroatoms. The van der Waals surface area contributed by atoms with E-state index in [0.717, 1.165) is 139 Å². The highest BCUT2D eigenvalue weighted by atomic mass is 128. The van der Waals surface area contributed by atoms with Crippen molar-refractivity contribution in [3.05, 3.63) is 59.9 Å². The molecule has 0 radical (unpaired) electrons. The van der Waals surface area contributed by atoms with Gasteiger partial charge in [0.15, 0.2) is 11.6 Å². The van der Waals surface area contributed by atoms with Gasteiger partial charge in [-0.25, -0.2) is 14.8 Å². The Morgan fingerprint density at radius 1 is 0.562 bits per heavy atom. The number of aromatic carboxylic acids is 1. The molecule has 2 spiro atoms. The Morgan fingerprint density at radius 3 is 1.33 bits per heavy atom. The van der Waals surface area contributed by atoms with Crippen molar-refractivity contribution in [2.24, 2.45) is 16.6 Å².